The molecule has 5 heteroatoms. The first-order valence-electron chi connectivity index (χ1n) is 7.89. The first kappa shape index (κ1) is 13.3. The van der Waals surface area contributed by atoms with Crippen molar-refractivity contribution in [2.45, 2.75) is 31.8 Å². The summed E-state index contributed by atoms with van der Waals surface area (Å²) in [6.45, 7) is 6.07. The van der Waals surface area contributed by atoms with Crippen molar-refractivity contribution >= 4 is 5.91 Å². The number of carbonyl (C=O) groups is 1. The number of piperazine rings is 1. The molecular weight excluding hydrogens is 268 g/mol. The molecule has 2 bridgehead atoms. The van der Waals surface area contributed by atoms with Crippen LogP contribution in [0.1, 0.15) is 29.0 Å². The molecule has 3 aliphatic rings. The van der Waals surface area contributed by atoms with E-state index in [2.05, 4.69) is 4.90 Å². The molecule has 3 heterocycles. The van der Waals surface area contributed by atoms with Gasteiger partial charge in [-0.2, -0.15) is 0 Å². The van der Waals surface area contributed by atoms with E-state index in [9.17, 15) is 4.79 Å². The molecule has 0 N–H and O–H groups in total. The van der Waals surface area contributed by atoms with E-state index >= 15 is 0 Å². The van der Waals surface area contributed by atoms with Crippen LogP contribution in [0.2, 0.25) is 0 Å². The summed E-state index contributed by atoms with van der Waals surface area (Å²) in [5.41, 5.74) is 0.699. The van der Waals surface area contributed by atoms with Gasteiger partial charge in [0.05, 0.1) is 37.1 Å². The van der Waals surface area contributed by atoms with Crippen LogP contribution in [0.5, 0.6) is 0 Å². The number of morpholine rings is 1. The topological polar surface area (TPSA) is 45.9 Å². The molecule has 21 heavy (non-hydrogen) atoms. The number of hydrogen-bond acceptors (Lipinski definition) is 4. The van der Waals surface area contributed by atoms with Gasteiger partial charge in [-0.3, -0.25) is 9.69 Å². The predicted molar refractivity (Wildman–Crippen MR) is 77.2 cm³/mol. The lowest BCUT2D eigenvalue weighted by atomic mass is 10.0. The minimum atomic E-state index is 0.101. The molecule has 3 fully saturated rings. The molecule has 0 aromatic carbocycles. The maximum Gasteiger partial charge on any atom is 0.257 e. The molecule has 1 amide bonds. The zero-order valence-electron chi connectivity index (χ0n) is 12.5. The van der Waals surface area contributed by atoms with Crippen LogP contribution in [-0.2, 0) is 4.74 Å². The molecule has 2 saturated heterocycles. The van der Waals surface area contributed by atoms with Crippen molar-refractivity contribution in [1.29, 1.82) is 0 Å². The molecule has 2 atom stereocenters. The Hall–Kier alpha value is -1.33. The van der Waals surface area contributed by atoms with E-state index in [4.69, 9.17) is 9.15 Å². The molecule has 2 aliphatic heterocycles. The predicted octanol–water partition coefficient (Wildman–Crippen LogP) is 1.52. The smallest absolute Gasteiger partial charge is 0.257 e. The molecule has 1 aromatic heterocycles. The first-order chi connectivity index (χ1) is 10.2. The Morgan fingerprint density at radius 3 is 2.57 bits per heavy atom. The highest BCUT2D eigenvalue weighted by molar-refractivity contribution is 5.95. The first-order valence-corrected chi connectivity index (χ1v) is 7.89. The number of amides is 1. The third kappa shape index (κ3) is 2.49. The van der Waals surface area contributed by atoms with Gasteiger partial charge in [0, 0.05) is 19.6 Å². The highest BCUT2D eigenvalue weighted by Gasteiger charge is 2.42. The normalized spacial score (nSPS) is 29.7. The van der Waals surface area contributed by atoms with Crippen LogP contribution in [0.25, 0.3) is 0 Å². The number of hydrogen-bond donors (Lipinski definition) is 0. The number of rotatable bonds is 3. The minimum Gasteiger partial charge on any atom is -0.469 e. The minimum absolute atomic E-state index is 0.101. The molecular formula is C16H22N2O3. The summed E-state index contributed by atoms with van der Waals surface area (Å²) < 4.78 is 11.0. The largest absolute Gasteiger partial charge is 0.469 e. The summed E-state index contributed by atoms with van der Waals surface area (Å²) in [5.74, 6) is 1.69. The maximum atomic E-state index is 12.7. The third-order valence-corrected chi connectivity index (χ3v) is 4.96. The van der Waals surface area contributed by atoms with Gasteiger partial charge < -0.3 is 14.1 Å². The molecule has 4 rings (SSSR count). The lowest BCUT2D eigenvalue weighted by Crippen LogP contribution is -2.65. The molecule has 114 valence electrons. The van der Waals surface area contributed by atoms with Gasteiger partial charge in [0.1, 0.15) is 5.76 Å². The third-order valence-electron chi connectivity index (χ3n) is 4.96. The van der Waals surface area contributed by atoms with Gasteiger partial charge in [-0.1, -0.05) is 0 Å². The van der Waals surface area contributed by atoms with Gasteiger partial charge in [-0.15, -0.1) is 0 Å². The Bertz CT molecular complexity index is 523. The average molecular weight is 290 g/mol. The summed E-state index contributed by atoms with van der Waals surface area (Å²) >= 11 is 0. The Balaban J connectivity index is 1.49. The number of carbonyl (C=O) groups excluding carboxylic acids is 1. The van der Waals surface area contributed by atoms with Crippen LogP contribution in [0.3, 0.4) is 0 Å². The number of ether oxygens (including phenoxy) is 1. The Labute approximate surface area is 124 Å². The van der Waals surface area contributed by atoms with Gasteiger partial charge in [0.25, 0.3) is 5.91 Å². The Morgan fingerprint density at radius 2 is 2.00 bits per heavy atom. The van der Waals surface area contributed by atoms with Crippen molar-refractivity contribution in [3.05, 3.63) is 23.7 Å². The molecule has 1 aromatic rings. The lowest BCUT2D eigenvalue weighted by Gasteiger charge is -2.49. The van der Waals surface area contributed by atoms with Crippen molar-refractivity contribution < 1.29 is 13.9 Å². The van der Waals surface area contributed by atoms with Crippen molar-refractivity contribution in [2.75, 3.05) is 32.8 Å². The number of aryl methyl sites for hydroxylation is 1. The van der Waals surface area contributed by atoms with Crippen LogP contribution >= 0.6 is 0 Å². The van der Waals surface area contributed by atoms with Crippen molar-refractivity contribution in [2.24, 2.45) is 5.92 Å². The summed E-state index contributed by atoms with van der Waals surface area (Å²) in [4.78, 5) is 17.2. The number of nitrogens with zero attached hydrogens (tertiary/aromatic N) is 2. The molecule has 0 spiro atoms. The van der Waals surface area contributed by atoms with E-state index < -0.39 is 0 Å². The highest BCUT2D eigenvalue weighted by atomic mass is 16.5. The monoisotopic (exact) mass is 290 g/mol. The van der Waals surface area contributed by atoms with Gasteiger partial charge in [0.15, 0.2) is 0 Å². The zero-order chi connectivity index (χ0) is 14.4. The molecule has 2 unspecified atom stereocenters. The van der Waals surface area contributed by atoms with Crippen LogP contribution < -0.4 is 0 Å². The van der Waals surface area contributed by atoms with Crippen LogP contribution in [0, 0.1) is 12.8 Å². The quantitative estimate of drug-likeness (QED) is 0.847. The van der Waals surface area contributed by atoms with E-state index in [0.717, 1.165) is 32.2 Å². The zero-order valence-corrected chi connectivity index (χ0v) is 12.5. The Morgan fingerprint density at radius 1 is 1.29 bits per heavy atom. The van der Waals surface area contributed by atoms with Crippen molar-refractivity contribution in [3.8, 4) is 0 Å². The average Bonchev–Trinajstić information content (AvgIpc) is 3.17. The highest BCUT2D eigenvalue weighted by Crippen LogP contribution is 2.33. The fourth-order valence-corrected chi connectivity index (χ4v) is 3.57. The maximum absolute atomic E-state index is 12.7. The fourth-order valence-electron chi connectivity index (χ4n) is 3.57. The van der Waals surface area contributed by atoms with E-state index in [-0.39, 0.29) is 5.91 Å². The lowest BCUT2D eigenvalue weighted by molar-refractivity contribution is -0.0912. The van der Waals surface area contributed by atoms with Gasteiger partial charge in [0.2, 0.25) is 0 Å². The van der Waals surface area contributed by atoms with Crippen molar-refractivity contribution in [1.82, 2.24) is 9.80 Å². The number of fused-ring (bicyclic) bond motifs is 2. The van der Waals surface area contributed by atoms with Gasteiger partial charge in [-0.05, 0) is 31.7 Å². The van der Waals surface area contributed by atoms with E-state index in [1.54, 1.807) is 12.3 Å². The van der Waals surface area contributed by atoms with Crippen LogP contribution in [0.15, 0.2) is 16.7 Å². The standard InChI is InChI=1S/C16H22N2O3/c1-11-15(4-5-21-11)16(19)17-7-13-9-20-10-14(8-17)18(13)6-12-2-3-12/h4-5,12-14H,2-3,6-10H2,1H3. The Kier molecular flexibility index (Phi) is 3.27. The molecule has 1 saturated carbocycles. The summed E-state index contributed by atoms with van der Waals surface area (Å²) in [6, 6.07) is 2.49. The second kappa shape index (κ2) is 5.14. The van der Waals surface area contributed by atoms with E-state index in [0.29, 0.717) is 23.4 Å². The van der Waals surface area contributed by atoms with Crippen molar-refractivity contribution in [3.63, 3.8) is 0 Å². The number of furan rings is 1. The van der Waals surface area contributed by atoms with Gasteiger partial charge >= 0.3 is 0 Å². The molecule has 1 aliphatic carbocycles. The molecule has 0 radical (unpaired) electrons. The summed E-state index contributed by atoms with van der Waals surface area (Å²) in [7, 11) is 0. The van der Waals surface area contributed by atoms with E-state index in [1.165, 1.54) is 19.4 Å². The fraction of sp³-hybridized carbons (Fsp3) is 0.688. The second-order valence-electron chi connectivity index (χ2n) is 6.59. The molecule has 5 nitrogen and oxygen atoms in total. The SMILES string of the molecule is Cc1occc1C(=O)N1CC2COCC(C1)N2CC1CC1. The van der Waals surface area contributed by atoms with Crippen LogP contribution in [0.4, 0.5) is 0 Å². The van der Waals surface area contributed by atoms with Gasteiger partial charge in [-0.25, -0.2) is 0 Å². The second-order valence-corrected chi connectivity index (χ2v) is 6.59. The summed E-state index contributed by atoms with van der Waals surface area (Å²) in [6.07, 6.45) is 4.33. The summed E-state index contributed by atoms with van der Waals surface area (Å²) in [5, 5.41) is 0. The van der Waals surface area contributed by atoms with Crippen LogP contribution in [-0.4, -0.2) is 60.6 Å². The van der Waals surface area contributed by atoms with E-state index in [1.807, 2.05) is 11.8 Å².